The lowest BCUT2D eigenvalue weighted by Crippen LogP contribution is -2.29. The lowest BCUT2D eigenvalue weighted by atomic mass is 10.1. The molecule has 1 aromatic heterocycles. The van der Waals surface area contributed by atoms with Crippen molar-refractivity contribution >= 4 is 28.8 Å². The van der Waals surface area contributed by atoms with E-state index in [1.807, 2.05) is 11.8 Å². The second-order valence-electron chi connectivity index (χ2n) is 3.79. The van der Waals surface area contributed by atoms with Crippen molar-refractivity contribution in [2.24, 2.45) is 0 Å². The first kappa shape index (κ1) is 10.9. The van der Waals surface area contributed by atoms with E-state index in [-0.39, 0.29) is 11.8 Å². The second-order valence-corrected chi connectivity index (χ2v) is 4.94. The maximum Gasteiger partial charge on any atom is 0.237 e. The number of aryl methyl sites for hydroxylation is 1. The molecule has 1 unspecified atom stereocenters. The number of carbonyl (C=O) groups is 1. The number of likely N-dealkylation sites (tertiary alicyclic amines) is 1. The number of halogens is 1. The van der Waals surface area contributed by atoms with Crippen molar-refractivity contribution in [3.63, 3.8) is 0 Å². The van der Waals surface area contributed by atoms with Crippen molar-refractivity contribution in [2.75, 3.05) is 19.0 Å². The Morgan fingerprint density at radius 3 is 3.20 bits per heavy atom. The lowest BCUT2D eigenvalue weighted by Gasteiger charge is -2.13. The molecule has 1 saturated heterocycles. The molecule has 1 fully saturated rings. The highest BCUT2D eigenvalue weighted by molar-refractivity contribution is 7.09. The van der Waals surface area contributed by atoms with Gasteiger partial charge >= 0.3 is 0 Å². The van der Waals surface area contributed by atoms with Crippen molar-refractivity contribution in [1.29, 1.82) is 0 Å². The maximum atomic E-state index is 11.4. The largest absolute Gasteiger partial charge is 0.341 e. The summed E-state index contributed by atoms with van der Waals surface area (Å²) in [5, 5.41) is 3.21. The molecule has 0 bridgehead atoms. The molecule has 0 aliphatic carbocycles. The molecule has 3 nitrogen and oxygen atoms in total. The molecule has 1 aliphatic rings. The molecule has 1 amide bonds. The van der Waals surface area contributed by atoms with Crippen LogP contribution in [-0.2, 0) is 4.79 Å². The van der Waals surface area contributed by atoms with Crippen LogP contribution in [0.2, 0.25) is 0 Å². The summed E-state index contributed by atoms with van der Waals surface area (Å²) in [6.45, 7) is 3.59. The van der Waals surface area contributed by atoms with Crippen molar-refractivity contribution < 1.29 is 4.79 Å². The predicted molar refractivity (Wildman–Crippen MR) is 61.5 cm³/mol. The van der Waals surface area contributed by atoms with E-state index in [9.17, 15) is 4.79 Å². The zero-order valence-electron chi connectivity index (χ0n) is 8.57. The van der Waals surface area contributed by atoms with Crippen LogP contribution >= 0.6 is 22.9 Å². The van der Waals surface area contributed by atoms with E-state index in [0.29, 0.717) is 5.92 Å². The number of carbonyl (C=O) groups excluding carboxylic acids is 1. The van der Waals surface area contributed by atoms with Gasteiger partial charge in [0, 0.05) is 30.1 Å². The normalized spacial score (nSPS) is 20.9. The van der Waals surface area contributed by atoms with Crippen molar-refractivity contribution in [3.05, 3.63) is 16.1 Å². The molecule has 0 radical (unpaired) electrons. The van der Waals surface area contributed by atoms with Gasteiger partial charge in [-0.25, -0.2) is 4.98 Å². The van der Waals surface area contributed by atoms with Gasteiger partial charge in [0.2, 0.25) is 5.91 Å². The molecule has 15 heavy (non-hydrogen) atoms. The average molecular weight is 245 g/mol. The van der Waals surface area contributed by atoms with Gasteiger partial charge in [-0.1, -0.05) is 0 Å². The number of aromatic nitrogens is 1. The van der Waals surface area contributed by atoms with E-state index >= 15 is 0 Å². The van der Waals surface area contributed by atoms with Gasteiger partial charge in [0.1, 0.15) is 5.88 Å². The Bertz CT molecular complexity index is 366. The predicted octanol–water partition coefficient (Wildman–Crippen LogP) is 2.01. The van der Waals surface area contributed by atoms with Crippen LogP contribution in [0.1, 0.15) is 23.0 Å². The van der Waals surface area contributed by atoms with Gasteiger partial charge in [-0.15, -0.1) is 22.9 Å². The first-order valence-electron chi connectivity index (χ1n) is 4.96. The topological polar surface area (TPSA) is 33.2 Å². The number of amides is 1. The number of hydrogen-bond donors (Lipinski definition) is 0. The number of thiazole rings is 1. The zero-order chi connectivity index (χ0) is 10.8. The maximum absolute atomic E-state index is 11.4. The lowest BCUT2D eigenvalue weighted by molar-refractivity contribution is -0.127. The van der Waals surface area contributed by atoms with Crippen LogP contribution in [0.5, 0.6) is 0 Å². The number of nitrogens with zero attached hydrogens (tertiary/aromatic N) is 2. The van der Waals surface area contributed by atoms with Crippen LogP contribution < -0.4 is 0 Å². The van der Waals surface area contributed by atoms with Crippen LogP contribution in [0.15, 0.2) is 5.38 Å². The third-order valence-electron chi connectivity index (χ3n) is 2.64. The summed E-state index contributed by atoms with van der Waals surface area (Å²) >= 11 is 7.21. The van der Waals surface area contributed by atoms with Crippen LogP contribution in [0.4, 0.5) is 0 Å². The Labute approximate surface area is 98.1 Å². The molecule has 0 spiro atoms. The standard InChI is InChI=1S/C10H13ClN2OS/c1-7-6-15-10(12-7)8-2-3-13(5-8)9(14)4-11/h6,8H,2-5H2,1H3. The van der Waals surface area contributed by atoms with E-state index in [4.69, 9.17) is 11.6 Å². The van der Waals surface area contributed by atoms with Gasteiger partial charge in [-0.2, -0.15) is 0 Å². The molecule has 1 aliphatic heterocycles. The fourth-order valence-electron chi connectivity index (χ4n) is 1.83. The van der Waals surface area contributed by atoms with Crippen LogP contribution in [-0.4, -0.2) is 34.8 Å². The molecule has 5 heteroatoms. The number of rotatable bonds is 2. The molecule has 0 saturated carbocycles. The quantitative estimate of drug-likeness (QED) is 0.746. The summed E-state index contributed by atoms with van der Waals surface area (Å²) in [7, 11) is 0. The highest BCUT2D eigenvalue weighted by Crippen LogP contribution is 2.29. The zero-order valence-corrected chi connectivity index (χ0v) is 10.1. The van der Waals surface area contributed by atoms with Gasteiger partial charge in [0.05, 0.1) is 5.01 Å². The molecule has 0 aromatic carbocycles. The summed E-state index contributed by atoms with van der Waals surface area (Å²) in [4.78, 5) is 17.7. The third kappa shape index (κ3) is 2.32. The fourth-order valence-corrected chi connectivity index (χ4v) is 2.93. The Balaban J connectivity index is 2.01. The van der Waals surface area contributed by atoms with E-state index in [0.717, 1.165) is 30.2 Å². The molecule has 82 valence electrons. The summed E-state index contributed by atoms with van der Waals surface area (Å²) in [6.07, 6.45) is 1.01. The first-order chi connectivity index (χ1) is 7.20. The molecule has 2 rings (SSSR count). The minimum Gasteiger partial charge on any atom is -0.341 e. The summed E-state index contributed by atoms with van der Waals surface area (Å²) < 4.78 is 0. The van der Waals surface area contributed by atoms with E-state index < -0.39 is 0 Å². The van der Waals surface area contributed by atoms with Crippen LogP contribution in [0.3, 0.4) is 0 Å². The van der Waals surface area contributed by atoms with Crippen molar-refractivity contribution in [3.8, 4) is 0 Å². The Morgan fingerprint density at radius 2 is 2.60 bits per heavy atom. The van der Waals surface area contributed by atoms with Crippen LogP contribution in [0, 0.1) is 6.92 Å². The van der Waals surface area contributed by atoms with Gasteiger partial charge in [0.15, 0.2) is 0 Å². The third-order valence-corrected chi connectivity index (χ3v) is 3.99. The summed E-state index contributed by atoms with van der Waals surface area (Å²) in [5.41, 5.74) is 1.07. The van der Waals surface area contributed by atoms with Gasteiger partial charge in [0.25, 0.3) is 0 Å². The van der Waals surface area contributed by atoms with E-state index in [1.54, 1.807) is 11.3 Å². The smallest absolute Gasteiger partial charge is 0.237 e. The minimum atomic E-state index is 0.0347. The average Bonchev–Trinajstić information content (AvgIpc) is 2.84. The monoisotopic (exact) mass is 244 g/mol. The Hall–Kier alpha value is -0.610. The molecule has 1 aromatic rings. The molecular formula is C10H13ClN2OS. The van der Waals surface area contributed by atoms with Gasteiger partial charge in [-0.3, -0.25) is 4.79 Å². The number of alkyl halides is 1. The van der Waals surface area contributed by atoms with E-state index in [2.05, 4.69) is 10.4 Å². The Kier molecular flexibility index (Phi) is 3.26. The van der Waals surface area contributed by atoms with Crippen molar-refractivity contribution in [1.82, 2.24) is 9.88 Å². The fraction of sp³-hybridized carbons (Fsp3) is 0.600. The summed E-state index contributed by atoms with van der Waals surface area (Å²) in [6, 6.07) is 0. The second kappa shape index (κ2) is 4.49. The SMILES string of the molecule is Cc1csc(C2CCN(C(=O)CCl)C2)n1. The molecule has 0 N–H and O–H groups in total. The van der Waals surface area contributed by atoms with Crippen molar-refractivity contribution in [2.45, 2.75) is 19.3 Å². The van der Waals surface area contributed by atoms with Gasteiger partial charge < -0.3 is 4.90 Å². The van der Waals surface area contributed by atoms with E-state index in [1.165, 1.54) is 0 Å². The Morgan fingerprint density at radius 1 is 1.80 bits per heavy atom. The molecular weight excluding hydrogens is 232 g/mol. The first-order valence-corrected chi connectivity index (χ1v) is 6.38. The minimum absolute atomic E-state index is 0.0347. The molecule has 2 heterocycles. The molecule has 1 atom stereocenters. The number of hydrogen-bond acceptors (Lipinski definition) is 3. The van der Waals surface area contributed by atoms with Gasteiger partial charge in [-0.05, 0) is 13.3 Å². The highest BCUT2D eigenvalue weighted by Gasteiger charge is 2.28. The van der Waals surface area contributed by atoms with Crippen LogP contribution in [0.25, 0.3) is 0 Å². The highest BCUT2D eigenvalue weighted by atomic mass is 35.5. The summed E-state index contributed by atoms with van der Waals surface area (Å²) in [5.74, 6) is 0.534.